The molecule has 1 saturated heterocycles. The van der Waals surface area contributed by atoms with Gasteiger partial charge in [-0.15, -0.1) is 0 Å². The zero-order valence-electron chi connectivity index (χ0n) is 17.7. The van der Waals surface area contributed by atoms with Crippen molar-refractivity contribution in [3.63, 3.8) is 0 Å². The number of nitrogens with one attached hydrogen (secondary N) is 1. The number of carbonyl (C=O) groups is 2. The number of aromatic nitrogens is 1. The van der Waals surface area contributed by atoms with E-state index in [-0.39, 0.29) is 17.6 Å². The van der Waals surface area contributed by atoms with E-state index in [0.29, 0.717) is 19.5 Å². The van der Waals surface area contributed by atoms with E-state index >= 15 is 0 Å². The summed E-state index contributed by atoms with van der Waals surface area (Å²) in [6.07, 6.45) is 2.93. The molecule has 2 heterocycles. The molecule has 1 aliphatic heterocycles. The molecular weight excluding hydrogens is 409 g/mol. The third-order valence-electron chi connectivity index (χ3n) is 5.45. The lowest BCUT2D eigenvalue weighted by Crippen LogP contribution is -2.60. The Hall–Kier alpha value is -3.74. The van der Waals surface area contributed by atoms with Crippen LogP contribution in [-0.2, 0) is 16.0 Å². The van der Waals surface area contributed by atoms with E-state index in [0.717, 1.165) is 16.7 Å². The first-order chi connectivity index (χ1) is 15.5. The summed E-state index contributed by atoms with van der Waals surface area (Å²) in [4.78, 5) is 31.5. The number of piperazine rings is 1. The molecule has 2 amide bonds. The Morgan fingerprint density at radius 2 is 2.00 bits per heavy atom. The smallest absolute Gasteiger partial charge is 0.264 e. The maximum Gasteiger partial charge on any atom is 0.264 e. The molecule has 0 bridgehead atoms. The molecule has 164 valence electrons. The lowest BCUT2D eigenvalue weighted by Gasteiger charge is -2.36. The van der Waals surface area contributed by atoms with Gasteiger partial charge in [-0.1, -0.05) is 42.5 Å². The number of para-hydroxylation sites is 1. The maximum atomic E-state index is 13.9. The van der Waals surface area contributed by atoms with E-state index in [1.807, 2.05) is 36.4 Å². The number of nitrogens with zero attached hydrogens (tertiary/aromatic N) is 2. The second-order valence-corrected chi connectivity index (χ2v) is 7.68. The van der Waals surface area contributed by atoms with E-state index in [1.165, 1.54) is 17.0 Å². The fraction of sp³-hybridized carbons (Fsp3) is 0.240. The number of hydrogen-bond acceptors (Lipinski definition) is 4. The summed E-state index contributed by atoms with van der Waals surface area (Å²) in [5.41, 5.74) is 2.89. The van der Waals surface area contributed by atoms with Crippen molar-refractivity contribution in [1.82, 2.24) is 15.2 Å². The number of rotatable bonds is 6. The Labute approximate surface area is 186 Å². The van der Waals surface area contributed by atoms with Crippen molar-refractivity contribution in [2.24, 2.45) is 0 Å². The van der Waals surface area contributed by atoms with Gasteiger partial charge in [-0.3, -0.25) is 14.6 Å². The van der Waals surface area contributed by atoms with Crippen LogP contribution in [-0.4, -0.2) is 46.9 Å². The first kappa shape index (κ1) is 21.5. The molecule has 1 fully saturated rings. The lowest BCUT2D eigenvalue weighted by molar-refractivity contribution is -0.148. The molecular formula is C25H24FN3O3. The number of benzene rings is 2. The second kappa shape index (κ2) is 9.60. The fourth-order valence-corrected chi connectivity index (χ4v) is 3.83. The number of ether oxygens (including phenoxy) is 1. The van der Waals surface area contributed by atoms with Crippen LogP contribution < -0.4 is 10.1 Å². The summed E-state index contributed by atoms with van der Waals surface area (Å²) >= 11 is 0. The van der Waals surface area contributed by atoms with E-state index in [9.17, 15) is 14.0 Å². The van der Waals surface area contributed by atoms with Gasteiger partial charge in [-0.05, 0) is 41.8 Å². The summed E-state index contributed by atoms with van der Waals surface area (Å²) in [5.74, 6) is -1.09. The number of amides is 2. The van der Waals surface area contributed by atoms with Crippen LogP contribution in [0.5, 0.6) is 5.75 Å². The van der Waals surface area contributed by atoms with E-state index in [4.69, 9.17) is 4.74 Å². The summed E-state index contributed by atoms with van der Waals surface area (Å²) in [5, 5.41) is 2.84. The average Bonchev–Trinajstić information content (AvgIpc) is 2.82. The molecule has 0 radical (unpaired) electrons. The number of carbonyl (C=O) groups excluding carboxylic acids is 2. The van der Waals surface area contributed by atoms with Gasteiger partial charge in [0.05, 0.1) is 0 Å². The van der Waals surface area contributed by atoms with Gasteiger partial charge in [0.2, 0.25) is 5.91 Å². The van der Waals surface area contributed by atoms with Crippen molar-refractivity contribution in [2.75, 3.05) is 13.1 Å². The Kier molecular flexibility index (Phi) is 6.44. The quantitative estimate of drug-likeness (QED) is 0.648. The van der Waals surface area contributed by atoms with Crippen LogP contribution >= 0.6 is 0 Å². The monoisotopic (exact) mass is 433 g/mol. The van der Waals surface area contributed by atoms with E-state index < -0.39 is 18.0 Å². The predicted molar refractivity (Wildman–Crippen MR) is 118 cm³/mol. The highest BCUT2D eigenvalue weighted by molar-refractivity contribution is 5.90. The molecule has 2 atom stereocenters. The van der Waals surface area contributed by atoms with Gasteiger partial charge in [-0.25, -0.2) is 4.39 Å². The SMILES string of the molecule is C[C@H](Oc1ccccc1F)C(=O)N1CCNC(=O)[C@H]1Cc1cccc(-c2cccnc2)c1. The predicted octanol–water partition coefficient (Wildman–Crippen LogP) is 3.22. The molecule has 7 heteroatoms. The molecule has 4 rings (SSSR count). The summed E-state index contributed by atoms with van der Waals surface area (Å²) < 4.78 is 19.5. The highest BCUT2D eigenvalue weighted by atomic mass is 19.1. The van der Waals surface area contributed by atoms with Crippen LogP contribution in [0.15, 0.2) is 73.1 Å². The zero-order valence-corrected chi connectivity index (χ0v) is 17.7. The maximum absolute atomic E-state index is 13.9. The fourth-order valence-electron chi connectivity index (χ4n) is 3.83. The molecule has 3 aromatic rings. The average molecular weight is 433 g/mol. The third-order valence-corrected chi connectivity index (χ3v) is 5.45. The van der Waals surface area contributed by atoms with Gasteiger partial charge in [0, 0.05) is 31.9 Å². The molecule has 32 heavy (non-hydrogen) atoms. The van der Waals surface area contributed by atoms with Gasteiger partial charge in [0.25, 0.3) is 5.91 Å². The molecule has 1 aromatic heterocycles. The Morgan fingerprint density at radius 1 is 1.19 bits per heavy atom. The minimum absolute atomic E-state index is 0.00975. The normalized spacial score (nSPS) is 16.9. The molecule has 2 aromatic carbocycles. The van der Waals surface area contributed by atoms with Crippen LogP contribution in [0.25, 0.3) is 11.1 Å². The Balaban J connectivity index is 1.52. The molecule has 0 spiro atoms. The highest BCUT2D eigenvalue weighted by Crippen LogP contribution is 2.23. The Bertz CT molecular complexity index is 1110. The third kappa shape index (κ3) is 4.77. The van der Waals surface area contributed by atoms with E-state index in [1.54, 1.807) is 31.5 Å². The van der Waals surface area contributed by atoms with Crippen molar-refractivity contribution in [1.29, 1.82) is 0 Å². The van der Waals surface area contributed by atoms with Crippen molar-refractivity contribution < 1.29 is 18.7 Å². The minimum atomic E-state index is -0.929. The molecule has 0 saturated carbocycles. The van der Waals surface area contributed by atoms with Gasteiger partial charge in [0.1, 0.15) is 6.04 Å². The number of hydrogen-bond donors (Lipinski definition) is 1. The van der Waals surface area contributed by atoms with Crippen LogP contribution in [0.2, 0.25) is 0 Å². The van der Waals surface area contributed by atoms with Crippen LogP contribution in [0.1, 0.15) is 12.5 Å². The molecule has 0 unspecified atom stereocenters. The Morgan fingerprint density at radius 3 is 2.78 bits per heavy atom. The standard InChI is InChI=1S/C25H24FN3O3/c1-17(32-23-10-3-2-9-21(23)26)25(31)29-13-12-28-24(30)22(29)15-18-6-4-7-19(14-18)20-8-5-11-27-16-20/h2-11,14,16-17,22H,12-13,15H2,1H3,(H,28,30)/t17-,22+/m0/s1. The van der Waals surface area contributed by atoms with Crippen molar-refractivity contribution >= 4 is 11.8 Å². The van der Waals surface area contributed by atoms with Gasteiger partial charge < -0.3 is 15.0 Å². The highest BCUT2D eigenvalue weighted by Gasteiger charge is 2.36. The first-order valence-corrected chi connectivity index (χ1v) is 10.5. The van der Waals surface area contributed by atoms with Crippen LogP contribution in [0, 0.1) is 5.82 Å². The topological polar surface area (TPSA) is 71.5 Å². The first-order valence-electron chi connectivity index (χ1n) is 10.5. The summed E-state index contributed by atoms with van der Waals surface area (Å²) in [6, 6.07) is 17.0. The zero-order chi connectivity index (χ0) is 22.5. The molecule has 0 aliphatic carbocycles. The van der Waals surface area contributed by atoms with Gasteiger partial charge in [-0.2, -0.15) is 0 Å². The van der Waals surface area contributed by atoms with Crippen molar-refractivity contribution in [3.05, 3.63) is 84.4 Å². The van der Waals surface area contributed by atoms with Crippen molar-refractivity contribution in [3.8, 4) is 16.9 Å². The lowest BCUT2D eigenvalue weighted by atomic mass is 9.98. The summed E-state index contributed by atoms with van der Waals surface area (Å²) in [7, 11) is 0. The molecule has 6 nitrogen and oxygen atoms in total. The van der Waals surface area contributed by atoms with Crippen LogP contribution in [0.4, 0.5) is 4.39 Å². The second-order valence-electron chi connectivity index (χ2n) is 7.68. The van der Waals surface area contributed by atoms with Gasteiger partial charge >= 0.3 is 0 Å². The van der Waals surface area contributed by atoms with Crippen molar-refractivity contribution in [2.45, 2.75) is 25.5 Å². The summed E-state index contributed by atoms with van der Waals surface area (Å²) in [6.45, 7) is 2.30. The number of pyridine rings is 1. The van der Waals surface area contributed by atoms with E-state index in [2.05, 4.69) is 10.3 Å². The number of halogens is 1. The molecule has 1 aliphatic rings. The largest absolute Gasteiger partial charge is 0.478 e. The molecule has 1 N–H and O–H groups in total. The van der Waals surface area contributed by atoms with Gasteiger partial charge in [0.15, 0.2) is 17.7 Å². The van der Waals surface area contributed by atoms with Crippen LogP contribution in [0.3, 0.4) is 0 Å². The minimum Gasteiger partial charge on any atom is -0.478 e.